The summed E-state index contributed by atoms with van der Waals surface area (Å²) in [4.78, 5) is 52.4. The van der Waals surface area contributed by atoms with Gasteiger partial charge in [-0.2, -0.15) is 0 Å². The van der Waals surface area contributed by atoms with Gasteiger partial charge in [0.15, 0.2) is 40.7 Å². The fourth-order valence-corrected chi connectivity index (χ4v) is 11.6. The number of nitrogens with zero attached hydrogens (tertiary/aromatic N) is 9. The SMILES string of the molecule is C1C[C@@H]2C[C@H]1CO2.Fc1cc(-c2nc(N3CCOCC3)c3oc4ncc(CN5C[C@@H]6C[C@H]5CO6)cc4c3n2)c2cc[nH]c2c1.O=Cc1cnc2oc3c(N4CCOCC4)nc(-c4cc(F)cc5[nH]ccc45)nc3c2c1. The normalized spacial score (nSPS) is 21.5. The number of ether oxygens (including phenoxy) is 4. The highest BCUT2D eigenvalue weighted by molar-refractivity contribution is 6.08. The van der Waals surface area contributed by atoms with Crippen LogP contribution in [0.2, 0.25) is 0 Å². The molecule has 1 saturated carbocycles. The zero-order valence-electron chi connectivity index (χ0n) is 40.8. The summed E-state index contributed by atoms with van der Waals surface area (Å²) in [6, 6.07) is 13.9. The topological polar surface area (TPSA) is 199 Å². The smallest absolute Gasteiger partial charge is 0.229 e. The predicted octanol–water partition coefficient (Wildman–Crippen LogP) is 8.76. The maximum atomic E-state index is 14.6. The molecule has 1 aliphatic carbocycles. The molecule has 382 valence electrons. The number of likely N-dealkylation sites (tertiary alicyclic amines) is 1. The Morgan fingerprint density at radius 2 is 1.23 bits per heavy atom. The number of aromatic amines is 2. The molecule has 5 saturated heterocycles. The van der Waals surface area contributed by atoms with Crippen LogP contribution in [-0.2, 0) is 25.5 Å². The molecule has 0 unspecified atom stereocenters. The van der Waals surface area contributed by atoms with E-state index in [0.29, 0.717) is 161 Å². The first-order valence-electron chi connectivity index (χ1n) is 25.7. The summed E-state index contributed by atoms with van der Waals surface area (Å²) in [7, 11) is 0. The van der Waals surface area contributed by atoms with E-state index in [9.17, 15) is 13.6 Å². The molecular formula is C55H51F2N11O7. The summed E-state index contributed by atoms with van der Waals surface area (Å²) in [5.41, 5.74) is 7.30. The number of halogens is 2. The van der Waals surface area contributed by atoms with E-state index in [-0.39, 0.29) is 11.6 Å². The van der Waals surface area contributed by atoms with Gasteiger partial charge in [-0.15, -0.1) is 0 Å². The zero-order valence-corrected chi connectivity index (χ0v) is 40.8. The third-order valence-corrected chi connectivity index (χ3v) is 15.3. The van der Waals surface area contributed by atoms with Crippen molar-refractivity contribution >= 4 is 84.1 Å². The van der Waals surface area contributed by atoms with Gasteiger partial charge in [-0.05, 0) is 85.7 Å². The third-order valence-electron chi connectivity index (χ3n) is 15.3. The van der Waals surface area contributed by atoms with Crippen molar-refractivity contribution in [2.24, 2.45) is 5.92 Å². The molecule has 16 rings (SSSR count). The summed E-state index contributed by atoms with van der Waals surface area (Å²) in [5, 5.41) is 3.13. The Bertz CT molecular complexity index is 3790. The lowest BCUT2D eigenvalue weighted by molar-refractivity contribution is 0.0273. The number of anilines is 2. The van der Waals surface area contributed by atoms with Crippen molar-refractivity contribution < 1.29 is 41.4 Å². The summed E-state index contributed by atoms with van der Waals surface area (Å²) >= 11 is 0. The first kappa shape index (κ1) is 46.1. The second kappa shape index (κ2) is 19.0. The average molecular weight is 1020 g/mol. The van der Waals surface area contributed by atoms with Crippen LogP contribution < -0.4 is 9.80 Å². The van der Waals surface area contributed by atoms with Crippen LogP contribution in [0.25, 0.3) is 89.0 Å². The highest BCUT2D eigenvalue weighted by atomic mass is 19.1. The molecule has 6 aliphatic rings. The minimum atomic E-state index is -0.386. The van der Waals surface area contributed by atoms with Gasteiger partial charge >= 0.3 is 0 Å². The van der Waals surface area contributed by atoms with Crippen molar-refractivity contribution in [1.82, 2.24) is 44.8 Å². The highest BCUT2D eigenvalue weighted by Gasteiger charge is 2.39. The number of benzene rings is 2. The average Bonchev–Trinajstić information content (AvgIpc) is 4.32. The Balaban J connectivity index is 0.000000123. The molecule has 10 aromatic rings. The molecule has 18 nitrogen and oxygen atoms in total. The Hall–Kier alpha value is -7.49. The lowest BCUT2D eigenvalue weighted by atomic mass is 10.1. The van der Waals surface area contributed by atoms with Crippen LogP contribution in [0.5, 0.6) is 0 Å². The Kier molecular flexibility index (Phi) is 11.7. The minimum absolute atomic E-state index is 0.341. The second-order valence-corrected chi connectivity index (χ2v) is 20.1. The molecule has 2 N–H and O–H groups in total. The molecule has 6 fully saturated rings. The fourth-order valence-electron chi connectivity index (χ4n) is 11.6. The molecule has 2 aromatic carbocycles. The van der Waals surface area contributed by atoms with Crippen LogP contribution in [0.15, 0.2) is 82.2 Å². The van der Waals surface area contributed by atoms with Gasteiger partial charge in [-0.3, -0.25) is 9.69 Å². The quantitative estimate of drug-likeness (QED) is 0.144. The number of morpholine rings is 3. The van der Waals surface area contributed by atoms with Gasteiger partial charge < -0.3 is 47.5 Å². The van der Waals surface area contributed by atoms with E-state index in [0.717, 1.165) is 66.7 Å². The van der Waals surface area contributed by atoms with E-state index in [1.807, 2.05) is 18.3 Å². The molecule has 0 spiro atoms. The number of aldehydes is 1. The number of aromatic nitrogens is 8. The summed E-state index contributed by atoms with van der Waals surface area (Å²) in [6.45, 7) is 8.61. The Morgan fingerprint density at radius 1 is 0.640 bits per heavy atom. The van der Waals surface area contributed by atoms with E-state index >= 15 is 0 Å². The van der Waals surface area contributed by atoms with Crippen LogP contribution in [0.4, 0.5) is 20.4 Å². The predicted molar refractivity (Wildman–Crippen MR) is 276 cm³/mol. The monoisotopic (exact) mass is 1020 g/mol. The van der Waals surface area contributed by atoms with E-state index in [4.69, 9.17) is 47.7 Å². The van der Waals surface area contributed by atoms with Gasteiger partial charge in [-0.1, -0.05) is 0 Å². The van der Waals surface area contributed by atoms with Gasteiger partial charge in [0.25, 0.3) is 0 Å². The van der Waals surface area contributed by atoms with Gasteiger partial charge in [0.1, 0.15) is 22.7 Å². The highest BCUT2D eigenvalue weighted by Crippen LogP contribution is 2.40. The molecular weight excluding hydrogens is 965 g/mol. The maximum Gasteiger partial charge on any atom is 0.229 e. The van der Waals surface area contributed by atoms with Crippen LogP contribution >= 0.6 is 0 Å². The largest absolute Gasteiger partial charge is 0.432 e. The van der Waals surface area contributed by atoms with Crippen molar-refractivity contribution in [3.63, 3.8) is 0 Å². The Morgan fingerprint density at radius 3 is 1.72 bits per heavy atom. The number of pyridine rings is 2. The van der Waals surface area contributed by atoms with E-state index in [1.165, 1.54) is 49.7 Å². The van der Waals surface area contributed by atoms with E-state index in [2.05, 4.69) is 40.7 Å². The minimum Gasteiger partial charge on any atom is -0.432 e. The lowest BCUT2D eigenvalue weighted by Crippen LogP contribution is -2.37. The fraction of sp³-hybridized carbons (Fsp3) is 0.364. The summed E-state index contributed by atoms with van der Waals surface area (Å²) in [5.74, 6) is 2.34. The number of carbonyl (C=O) groups is 1. The van der Waals surface area contributed by atoms with Crippen molar-refractivity contribution in [3.05, 3.63) is 96.1 Å². The second-order valence-electron chi connectivity index (χ2n) is 20.1. The van der Waals surface area contributed by atoms with E-state index < -0.39 is 0 Å². The summed E-state index contributed by atoms with van der Waals surface area (Å²) in [6.07, 6.45) is 13.9. The molecule has 5 aliphatic heterocycles. The summed E-state index contributed by atoms with van der Waals surface area (Å²) < 4.78 is 63.4. The first-order valence-corrected chi connectivity index (χ1v) is 25.7. The molecule has 4 bridgehead atoms. The lowest BCUT2D eigenvalue weighted by Gasteiger charge is -2.27. The van der Waals surface area contributed by atoms with Gasteiger partial charge in [-0.25, -0.2) is 38.7 Å². The third kappa shape index (κ3) is 8.59. The number of rotatable bonds is 7. The standard InChI is InChI=1S/C27H25FN6O3.C22H16FN5O3.C6H10O/c28-16-8-20(19-1-2-29-22(19)9-16)25-31-23-21-7-15(12-34-13-18-10-17(34)14-36-18)11-30-27(21)37-24(23)26(32-25)33-3-5-35-6-4-33;23-13-8-15(14-1-2-24-17(14)9-13)20-26-18-16-7-12(11-29)10-25-22(16)31-19(18)21(27-20)28-3-5-30-6-4-28;1-2-6-3-5(1)4-7-6/h1-2,7-9,11,17-18,29H,3-6,10,12-14H2;1-2,7-11,24H,3-6H2;5-6H,1-4H2/t17-,18-;;5-,6+/m0.0/s1. The number of fused-ring (bicyclic) bond motifs is 12. The van der Waals surface area contributed by atoms with Crippen molar-refractivity contribution in [2.45, 2.75) is 50.5 Å². The number of nitrogens with one attached hydrogen (secondary N) is 2. The van der Waals surface area contributed by atoms with Crippen molar-refractivity contribution in [3.8, 4) is 22.8 Å². The van der Waals surface area contributed by atoms with Gasteiger partial charge in [0.2, 0.25) is 11.4 Å². The first-order chi connectivity index (χ1) is 36.8. The number of hydrogen-bond acceptors (Lipinski definition) is 16. The van der Waals surface area contributed by atoms with E-state index in [1.54, 1.807) is 18.5 Å². The molecule has 20 heteroatoms. The molecule has 0 radical (unpaired) electrons. The van der Waals surface area contributed by atoms with Crippen LogP contribution in [0.3, 0.4) is 0 Å². The number of hydrogen-bond donors (Lipinski definition) is 2. The van der Waals surface area contributed by atoms with Crippen molar-refractivity contribution in [1.29, 1.82) is 0 Å². The van der Waals surface area contributed by atoms with Crippen LogP contribution in [0, 0.1) is 17.6 Å². The zero-order chi connectivity index (χ0) is 50.1. The number of furan rings is 2. The molecule has 13 heterocycles. The number of carbonyl (C=O) groups excluding carboxylic acids is 1. The number of H-pyrrole nitrogens is 2. The van der Waals surface area contributed by atoms with Crippen molar-refractivity contribution in [2.75, 3.05) is 82.2 Å². The van der Waals surface area contributed by atoms with Gasteiger partial charge in [0, 0.05) is 115 Å². The van der Waals surface area contributed by atoms with Crippen LogP contribution in [-0.4, -0.2) is 142 Å². The molecule has 8 aromatic heterocycles. The molecule has 75 heavy (non-hydrogen) atoms. The van der Waals surface area contributed by atoms with Crippen LogP contribution in [0.1, 0.15) is 41.6 Å². The molecule has 0 amide bonds. The Labute approximate surface area is 426 Å². The van der Waals surface area contributed by atoms with Gasteiger partial charge in [0.05, 0.1) is 56.0 Å². The maximum absolute atomic E-state index is 14.6. The molecule has 4 atom stereocenters.